The van der Waals surface area contributed by atoms with Crippen molar-refractivity contribution in [1.29, 1.82) is 0 Å². The van der Waals surface area contributed by atoms with Gasteiger partial charge >= 0.3 is 0 Å². The van der Waals surface area contributed by atoms with Gasteiger partial charge in [-0.3, -0.25) is 0 Å². The van der Waals surface area contributed by atoms with E-state index in [0.717, 1.165) is 18.2 Å². The van der Waals surface area contributed by atoms with Gasteiger partial charge in [-0.15, -0.1) is 0 Å². The van der Waals surface area contributed by atoms with Crippen molar-refractivity contribution < 1.29 is 13.2 Å². The lowest BCUT2D eigenvalue weighted by molar-refractivity contribution is 0.584. The van der Waals surface area contributed by atoms with E-state index in [2.05, 4.69) is 25.9 Å². The van der Waals surface area contributed by atoms with Crippen molar-refractivity contribution in [3.63, 3.8) is 0 Å². The van der Waals surface area contributed by atoms with Gasteiger partial charge < -0.3 is 4.98 Å². The quantitative estimate of drug-likeness (QED) is 0.705. The number of H-pyrrole nitrogens is 1. The van der Waals surface area contributed by atoms with Gasteiger partial charge in [0, 0.05) is 17.7 Å². The minimum Gasteiger partial charge on any atom is -0.338 e. The van der Waals surface area contributed by atoms with Crippen LogP contribution < -0.4 is 0 Å². The summed E-state index contributed by atoms with van der Waals surface area (Å²) in [4.78, 5) is 7.01. The zero-order valence-electron chi connectivity index (χ0n) is 9.35. The monoisotopic (exact) mass is 326 g/mol. The smallest absolute Gasteiger partial charge is 0.139 e. The number of imidazole rings is 1. The van der Waals surface area contributed by atoms with E-state index in [1.54, 1.807) is 0 Å². The van der Waals surface area contributed by atoms with E-state index >= 15 is 0 Å². The maximum Gasteiger partial charge on any atom is 0.139 e. The predicted molar refractivity (Wildman–Crippen MR) is 69.1 cm³/mol. The number of halogens is 4. The molecule has 0 aliphatic carbocycles. The van der Waals surface area contributed by atoms with Crippen LogP contribution in [-0.4, -0.2) is 9.97 Å². The molecule has 0 saturated carbocycles. The second-order valence-electron chi connectivity index (χ2n) is 4.03. The number of fused-ring (bicyclic) bond motifs is 1. The highest BCUT2D eigenvalue weighted by atomic mass is 79.9. The summed E-state index contributed by atoms with van der Waals surface area (Å²) in [5.74, 6) is -1.54. The van der Waals surface area contributed by atoms with Gasteiger partial charge in [0.2, 0.25) is 0 Å². The summed E-state index contributed by atoms with van der Waals surface area (Å²) in [6, 6.07) is 5.87. The topological polar surface area (TPSA) is 28.7 Å². The van der Waals surface area contributed by atoms with Crippen LogP contribution in [-0.2, 0) is 0 Å². The lowest BCUT2D eigenvalue weighted by atomic mass is 10.2. The van der Waals surface area contributed by atoms with Crippen LogP contribution in [0.4, 0.5) is 13.2 Å². The molecular weight excluding hydrogens is 321 g/mol. The Morgan fingerprint density at radius 2 is 1.63 bits per heavy atom. The zero-order chi connectivity index (χ0) is 13.6. The lowest BCUT2D eigenvalue weighted by Crippen LogP contribution is -1.85. The van der Waals surface area contributed by atoms with Crippen LogP contribution >= 0.6 is 15.9 Å². The molecule has 0 aliphatic rings. The molecule has 0 saturated heterocycles. The van der Waals surface area contributed by atoms with Gasteiger partial charge in [-0.05, 0) is 34.1 Å². The van der Waals surface area contributed by atoms with Gasteiger partial charge in [-0.1, -0.05) is 0 Å². The van der Waals surface area contributed by atoms with Gasteiger partial charge in [0.15, 0.2) is 0 Å². The van der Waals surface area contributed by atoms with Crippen molar-refractivity contribution in [2.75, 3.05) is 0 Å². The Labute approximate surface area is 114 Å². The second-order valence-corrected chi connectivity index (χ2v) is 4.88. The van der Waals surface area contributed by atoms with Crippen LogP contribution in [0.15, 0.2) is 34.8 Å². The zero-order valence-corrected chi connectivity index (χ0v) is 10.9. The van der Waals surface area contributed by atoms with Crippen molar-refractivity contribution in [3.05, 3.63) is 52.3 Å². The average Bonchev–Trinajstić information content (AvgIpc) is 2.71. The van der Waals surface area contributed by atoms with Crippen molar-refractivity contribution >= 4 is 27.0 Å². The van der Waals surface area contributed by atoms with E-state index in [4.69, 9.17) is 0 Å². The first kappa shape index (κ1) is 12.2. The minimum absolute atomic E-state index is 0.269. The van der Waals surface area contributed by atoms with Crippen LogP contribution in [0, 0.1) is 17.5 Å². The van der Waals surface area contributed by atoms with Crippen LogP contribution in [0.5, 0.6) is 0 Å². The Hall–Kier alpha value is -1.82. The molecule has 96 valence electrons. The molecule has 1 heterocycles. The molecule has 3 rings (SSSR count). The molecule has 1 aromatic heterocycles. The van der Waals surface area contributed by atoms with E-state index in [1.165, 1.54) is 12.1 Å². The van der Waals surface area contributed by atoms with Crippen LogP contribution in [0.25, 0.3) is 22.4 Å². The molecular formula is C13H6BrF3N2. The summed E-state index contributed by atoms with van der Waals surface area (Å²) >= 11 is 3.06. The predicted octanol–water partition coefficient (Wildman–Crippen LogP) is 4.41. The molecule has 6 heteroatoms. The van der Waals surface area contributed by atoms with Gasteiger partial charge in [-0.2, -0.15) is 0 Å². The van der Waals surface area contributed by atoms with Gasteiger partial charge in [0.1, 0.15) is 23.3 Å². The van der Waals surface area contributed by atoms with Crippen molar-refractivity contribution in [1.82, 2.24) is 9.97 Å². The van der Waals surface area contributed by atoms with E-state index in [9.17, 15) is 13.2 Å². The maximum atomic E-state index is 13.4. The summed E-state index contributed by atoms with van der Waals surface area (Å²) in [5, 5.41) is 0. The molecule has 0 fully saturated rings. The van der Waals surface area contributed by atoms with E-state index in [1.807, 2.05) is 0 Å². The fraction of sp³-hybridized carbons (Fsp3) is 0. The first-order valence-corrected chi connectivity index (χ1v) is 6.13. The minimum atomic E-state index is -0.692. The summed E-state index contributed by atoms with van der Waals surface area (Å²) in [6.07, 6.45) is 0. The Balaban J connectivity index is 2.20. The number of hydrogen-bond acceptors (Lipinski definition) is 1. The van der Waals surface area contributed by atoms with E-state index < -0.39 is 17.5 Å². The SMILES string of the molecule is Fc1cc(F)cc(-c2nc3cc(Br)c(F)cc3[nH]2)c1. The summed E-state index contributed by atoms with van der Waals surface area (Å²) in [7, 11) is 0. The normalized spacial score (nSPS) is 11.2. The number of aromatic amines is 1. The molecule has 0 unspecified atom stereocenters. The average molecular weight is 327 g/mol. The molecule has 3 aromatic rings. The van der Waals surface area contributed by atoms with Gasteiger partial charge in [-0.25, -0.2) is 18.2 Å². The number of benzene rings is 2. The first-order valence-electron chi connectivity index (χ1n) is 5.34. The highest BCUT2D eigenvalue weighted by molar-refractivity contribution is 9.10. The fourth-order valence-electron chi connectivity index (χ4n) is 1.83. The van der Waals surface area contributed by atoms with E-state index in [0.29, 0.717) is 11.0 Å². The van der Waals surface area contributed by atoms with Crippen molar-refractivity contribution in [2.24, 2.45) is 0 Å². The standard InChI is InChI=1S/C13H6BrF3N2/c14-9-4-11-12(5-10(9)17)19-13(18-11)6-1-7(15)3-8(16)2-6/h1-5H,(H,18,19). The molecule has 0 amide bonds. The maximum absolute atomic E-state index is 13.4. The highest BCUT2D eigenvalue weighted by Crippen LogP contribution is 2.26. The Bertz CT molecular complexity index is 724. The molecule has 0 radical (unpaired) electrons. The van der Waals surface area contributed by atoms with E-state index in [-0.39, 0.29) is 15.9 Å². The molecule has 19 heavy (non-hydrogen) atoms. The van der Waals surface area contributed by atoms with Gasteiger partial charge in [0.05, 0.1) is 15.5 Å². The Morgan fingerprint density at radius 3 is 2.32 bits per heavy atom. The fourth-order valence-corrected chi connectivity index (χ4v) is 2.16. The molecule has 0 aliphatic heterocycles. The van der Waals surface area contributed by atoms with Crippen molar-refractivity contribution in [3.8, 4) is 11.4 Å². The van der Waals surface area contributed by atoms with Crippen LogP contribution in [0.2, 0.25) is 0 Å². The number of nitrogens with zero attached hydrogens (tertiary/aromatic N) is 1. The highest BCUT2D eigenvalue weighted by Gasteiger charge is 2.10. The molecule has 1 N–H and O–H groups in total. The third-order valence-corrected chi connectivity index (χ3v) is 3.27. The van der Waals surface area contributed by atoms with Crippen LogP contribution in [0.1, 0.15) is 0 Å². The summed E-state index contributed by atoms with van der Waals surface area (Å²) < 4.78 is 40.0. The second kappa shape index (κ2) is 4.38. The largest absolute Gasteiger partial charge is 0.338 e. The third-order valence-electron chi connectivity index (χ3n) is 2.66. The molecule has 0 atom stereocenters. The summed E-state index contributed by atoms with van der Waals surface area (Å²) in [5.41, 5.74) is 1.23. The Morgan fingerprint density at radius 1 is 0.947 bits per heavy atom. The van der Waals surface area contributed by atoms with Crippen molar-refractivity contribution in [2.45, 2.75) is 0 Å². The summed E-state index contributed by atoms with van der Waals surface area (Å²) in [6.45, 7) is 0. The number of nitrogens with one attached hydrogen (secondary N) is 1. The molecule has 2 nitrogen and oxygen atoms in total. The van der Waals surface area contributed by atoms with Gasteiger partial charge in [0.25, 0.3) is 0 Å². The number of rotatable bonds is 1. The molecule has 0 spiro atoms. The number of hydrogen-bond donors (Lipinski definition) is 1. The Kier molecular flexibility index (Phi) is 2.82. The van der Waals surface area contributed by atoms with Crippen LogP contribution in [0.3, 0.4) is 0 Å². The molecule has 0 bridgehead atoms. The lowest BCUT2D eigenvalue weighted by Gasteiger charge is -1.97. The first-order chi connectivity index (χ1) is 9.02. The number of aromatic nitrogens is 2. The molecule has 2 aromatic carbocycles. The third kappa shape index (κ3) is 2.23.